The van der Waals surface area contributed by atoms with Crippen LogP contribution in [-0.4, -0.2) is 5.75 Å². The third-order valence-corrected chi connectivity index (χ3v) is 4.89. The Morgan fingerprint density at radius 2 is 2.13 bits per heavy atom. The van der Waals surface area contributed by atoms with Crippen LogP contribution in [0.3, 0.4) is 0 Å². The molecule has 3 heteroatoms. The van der Waals surface area contributed by atoms with Gasteiger partial charge in [0.05, 0.1) is 9.90 Å². The van der Waals surface area contributed by atoms with Crippen molar-refractivity contribution in [3.63, 3.8) is 0 Å². The molecule has 1 aromatic carbocycles. The SMILES string of the molecule is CCCCSc1sc2ccccc2c1N. The average Bonchev–Trinajstić information content (AvgIpc) is 2.57. The number of nitrogen functional groups attached to an aromatic ring is 1. The second-order valence-electron chi connectivity index (χ2n) is 3.50. The van der Waals surface area contributed by atoms with Crippen LogP contribution in [0.5, 0.6) is 0 Å². The third-order valence-electron chi connectivity index (χ3n) is 2.33. The molecule has 0 aliphatic heterocycles. The highest BCUT2D eigenvalue weighted by Crippen LogP contribution is 2.40. The first-order valence-corrected chi connectivity index (χ1v) is 7.03. The molecule has 0 saturated carbocycles. The van der Waals surface area contributed by atoms with Gasteiger partial charge >= 0.3 is 0 Å². The quantitative estimate of drug-likeness (QED) is 0.631. The molecule has 80 valence electrons. The predicted molar refractivity (Wildman–Crippen MR) is 71.9 cm³/mol. The number of thiophene rings is 1. The molecule has 0 unspecified atom stereocenters. The molecule has 0 spiro atoms. The number of rotatable bonds is 4. The normalized spacial score (nSPS) is 11.0. The zero-order valence-corrected chi connectivity index (χ0v) is 10.5. The molecule has 2 N–H and O–H groups in total. The predicted octanol–water partition coefficient (Wildman–Crippen LogP) is 4.38. The standard InChI is InChI=1S/C12H15NS2/c1-2-3-8-14-12-11(13)9-6-4-5-7-10(9)15-12/h4-7H,2-3,8,13H2,1H3. The average molecular weight is 237 g/mol. The van der Waals surface area contributed by atoms with Crippen LogP contribution in [0, 0.1) is 0 Å². The fourth-order valence-corrected chi connectivity index (χ4v) is 3.95. The van der Waals surface area contributed by atoms with Crippen LogP contribution in [0.4, 0.5) is 5.69 Å². The van der Waals surface area contributed by atoms with E-state index in [0.29, 0.717) is 0 Å². The summed E-state index contributed by atoms with van der Waals surface area (Å²) < 4.78 is 2.58. The van der Waals surface area contributed by atoms with E-state index < -0.39 is 0 Å². The fraction of sp³-hybridized carbons (Fsp3) is 0.333. The smallest absolute Gasteiger partial charge is 0.0841 e. The van der Waals surface area contributed by atoms with Crippen LogP contribution >= 0.6 is 23.1 Å². The molecule has 15 heavy (non-hydrogen) atoms. The summed E-state index contributed by atoms with van der Waals surface area (Å²) in [6.45, 7) is 2.22. The van der Waals surface area contributed by atoms with Crippen molar-refractivity contribution in [3.05, 3.63) is 24.3 Å². The molecule has 0 atom stereocenters. The zero-order chi connectivity index (χ0) is 10.7. The van der Waals surface area contributed by atoms with Gasteiger partial charge in [0.2, 0.25) is 0 Å². The number of nitrogens with two attached hydrogens (primary N) is 1. The summed E-state index contributed by atoms with van der Waals surface area (Å²) in [5.41, 5.74) is 7.08. The first-order chi connectivity index (χ1) is 7.33. The molecule has 0 fully saturated rings. The molecule has 1 aromatic heterocycles. The number of hydrogen-bond acceptors (Lipinski definition) is 3. The summed E-state index contributed by atoms with van der Waals surface area (Å²) in [6, 6.07) is 8.36. The summed E-state index contributed by atoms with van der Waals surface area (Å²) in [6.07, 6.45) is 2.51. The van der Waals surface area contributed by atoms with Crippen LogP contribution in [0.15, 0.2) is 28.5 Å². The van der Waals surface area contributed by atoms with Crippen LogP contribution in [0.2, 0.25) is 0 Å². The first kappa shape index (κ1) is 10.8. The van der Waals surface area contributed by atoms with Crippen molar-refractivity contribution in [1.82, 2.24) is 0 Å². The minimum atomic E-state index is 0.969. The lowest BCUT2D eigenvalue weighted by atomic mass is 10.2. The van der Waals surface area contributed by atoms with Gasteiger partial charge in [-0.25, -0.2) is 0 Å². The molecule has 0 aliphatic rings. The Morgan fingerprint density at radius 1 is 1.33 bits per heavy atom. The van der Waals surface area contributed by atoms with Crippen molar-refractivity contribution in [2.75, 3.05) is 11.5 Å². The molecule has 1 nitrogen and oxygen atoms in total. The summed E-state index contributed by atoms with van der Waals surface area (Å²) in [7, 11) is 0. The van der Waals surface area contributed by atoms with Gasteiger partial charge in [-0.2, -0.15) is 0 Å². The summed E-state index contributed by atoms with van der Waals surface area (Å²) in [4.78, 5) is 0. The van der Waals surface area contributed by atoms with Gasteiger partial charge in [0.1, 0.15) is 0 Å². The second-order valence-corrected chi connectivity index (χ2v) is 5.92. The Hall–Kier alpha value is -0.670. The molecule has 1 heterocycles. The van der Waals surface area contributed by atoms with E-state index in [1.807, 2.05) is 29.2 Å². The van der Waals surface area contributed by atoms with E-state index in [9.17, 15) is 0 Å². The van der Waals surface area contributed by atoms with Crippen LogP contribution < -0.4 is 5.73 Å². The summed E-state index contributed by atoms with van der Waals surface area (Å²) in [5, 5.41) is 1.21. The van der Waals surface area contributed by atoms with Gasteiger partial charge in [-0.1, -0.05) is 31.5 Å². The highest BCUT2D eigenvalue weighted by Gasteiger charge is 2.08. The maximum absolute atomic E-state index is 6.11. The summed E-state index contributed by atoms with van der Waals surface area (Å²) >= 11 is 3.70. The molecule has 0 radical (unpaired) electrons. The molecular formula is C12H15NS2. The van der Waals surface area contributed by atoms with Gasteiger partial charge in [-0.3, -0.25) is 0 Å². The van der Waals surface area contributed by atoms with Gasteiger partial charge in [-0.05, 0) is 18.2 Å². The lowest BCUT2D eigenvalue weighted by Gasteiger charge is -1.97. The van der Waals surface area contributed by atoms with E-state index in [1.54, 1.807) is 0 Å². The molecule has 2 rings (SSSR count). The summed E-state index contributed by atoms with van der Waals surface area (Å²) in [5.74, 6) is 1.17. The third kappa shape index (κ3) is 2.29. The molecule has 0 saturated heterocycles. The Labute approximate surface area is 98.7 Å². The lowest BCUT2D eigenvalue weighted by Crippen LogP contribution is -1.84. The van der Waals surface area contributed by atoms with E-state index in [0.717, 1.165) is 5.69 Å². The maximum atomic E-state index is 6.11. The molecule has 0 amide bonds. The molecule has 2 aromatic rings. The van der Waals surface area contributed by atoms with Crippen molar-refractivity contribution >= 4 is 38.9 Å². The topological polar surface area (TPSA) is 26.0 Å². The van der Waals surface area contributed by atoms with Crippen molar-refractivity contribution in [3.8, 4) is 0 Å². The number of unbranched alkanes of at least 4 members (excludes halogenated alkanes) is 1. The van der Waals surface area contributed by atoms with Gasteiger partial charge in [0.25, 0.3) is 0 Å². The monoisotopic (exact) mass is 237 g/mol. The van der Waals surface area contributed by atoms with Crippen molar-refractivity contribution in [2.45, 2.75) is 24.0 Å². The van der Waals surface area contributed by atoms with E-state index in [2.05, 4.69) is 25.1 Å². The van der Waals surface area contributed by atoms with Crippen molar-refractivity contribution in [1.29, 1.82) is 0 Å². The van der Waals surface area contributed by atoms with Crippen molar-refractivity contribution < 1.29 is 0 Å². The number of thioether (sulfide) groups is 1. The van der Waals surface area contributed by atoms with Crippen LogP contribution in [-0.2, 0) is 0 Å². The van der Waals surface area contributed by atoms with Crippen LogP contribution in [0.25, 0.3) is 10.1 Å². The van der Waals surface area contributed by atoms with Gasteiger partial charge in [-0.15, -0.1) is 23.1 Å². The minimum absolute atomic E-state index is 0.969. The number of hydrogen-bond donors (Lipinski definition) is 1. The highest BCUT2D eigenvalue weighted by molar-refractivity contribution is 8.01. The molecule has 0 aliphatic carbocycles. The Balaban J connectivity index is 2.24. The van der Waals surface area contributed by atoms with E-state index in [1.165, 1.54) is 32.9 Å². The van der Waals surface area contributed by atoms with Gasteiger partial charge in [0, 0.05) is 10.1 Å². The van der Waals surface area contributed by atoms with Crippen LogP contribution in [0.1, 0.15) is 19.8 Å². The Bertz CT molecular complexity index is 448. The lowest BCUT2D eigenvalue weighted by molar-refractivity contribution is 0.897. The van der Waals surface area contributed by atoms with Gasteiger partial charge in [0.15, 0.2) is 0 Å². The first-order valence-electron chi connectivity index (χ1n) is 5.22. The minimum Gasteiger partial charge on any atom is -0.397 e. The zero-order valence-electron chi connectivity index (χ0n) is 8.82. The second kappa shape index (κ2) is 4.90. The maximum Gasteiger partial charge on any atom is 0.0841 e. The number of anilines is 1. The molecular weight excluding hydrogens is 222 g/mol. The number of benzene rings is 1. The largest absolute Gasteiger partial charge is 0.397 e. The highest BCUT2D eigenvalue weighted by atomic mass is 32.2. The van der Waals surface area contributed by atoms with Gasteiger partial charge < -0.3 is 5.73 Å². The fourth-order valence-electron chi connectivity index (χ4n) is 1.46. The Morgan fingerprint density at radius 3 is 2.87 bits per heavy atom. The van der Waals surface area contributed by atoms with E-state index in [4.69, 9.17) is 5.73 Å². The van der Waals surface area contributed by atoms with E-state index in [-0.39, 0.29) is 0 Å². The Kier molecular flexibility index (Phi) is 3.54. The number of fused-ring (bicyclic) bond motifs is 1. The molecule has 0 bridgehead atoms. The van der Waals surface area contributed by atoms with Crippen molar-refractivity contribution in [2.24, 2.45) is 0 Å². The van der Waals surface area contributed by atoms with E-state index >= 15 is 0 Å².